The number of hydrogen-bond donors (Lipinski definition) is 4. The monoisotopic (exact) mass is 583 g/mol. The van der Waals surface area contributed by atoms with E-state index in [1.807, 2.05) is 0 Å². The Labute approximate surface area is 249 Å². The molecule has 0 aromatic carbocycles. The van der Waals surface area contributed by atoms with Crippen LogP contribution in [0.3, 0.4) is 0 Å². The molecule has 0 aromatic heterocycles. The van der Waals surface area contributed by atoms with Crippen LogP contribution in [0.25, 0.3) is 0 Å². The minimum atomic E-state index is -1.02. The van der Waals surface area contributed by atoms with Gasteiger partial charge in [0, 0.05) is 19.1 Å². The Balaban J connectivity index is 1.42. The summed E-state index contributed by atoms with van der Waals surface area (Å²) in [6, 6.07) is -2.62. The summed E-state index contributed by atoms with van der Waals surface area (Å²) in [4.78, 5) is 67.7. The van der Waals surface area contributed by atoms with Crippen LogP contribution in [0.1, 0.15) is 89.9 Å². The van der Waals surface area contributed by atoms with Gasteiger partial charge in [0.1, 0.15) is 12.1 Å². The summed E-state index contributed by atoms with van der Waals surface area (Å²) >= 11 is 0. The highest BCUT2D eigenvalue weighted by Gasteiger charge is 2.43. The van der Waals surface area contributed by atoms with Crippen LogP contribution in [-0.4, -0.2) is 71.7 Å². The van der Waals surface area contributed by atoms with Gasteiger partial charge in [0.2, 0.25) is 17.6 Å². The molecule has 6 atom stereocenters. The molecule has 5 unspecified atom stereocenters. The molecule has 1 heterocycles. The molecule has 232 valence electrons. The maximum absolute atomic E-state index is 14.1. The van der Waals surface area contributed by atoms with E-state index >= 15 is 0 Å². The molecule has 0 spiro atoms. The predicted molar refractivity (Wildman–Crippen MR) is 160 cm³/mol. The van der Waals surface area contributed by atoms with E-state index in [1.54, 1.807) is 17.1 Å². The number of amides is 5. The minimum absolute atomic E-state index is 0.0162. The third kappa shape index (κ3) is 8.01. The third-order valence-electron chi connectivity index (χ3n) is 9.72. The van der Waals surface area contributed by atoms with Crippen LogP contribution in [0.5, 0.6) is 0 Å². The number of ketones is 1. The molecule has 10 heteroatoms. The van der Waals surface area contributed by atoms with E-state index < -0.39 is 35.7 Å². The van der Waals surface area contributed by atoms with Crippen LogP contribution >= 0.6 is 0 Å². The van der Waals surface area contributed by atoms with Crippen molar-refractivity contribution in [3.63, 3.8) is 0 Å². The number of allylic oxidation sites excluding steroid dienone is 1. The number of hydrogen-bond acceptors (Lipinski definition) is 5. The van der Waals surface area contributed by atoms with E-state index in [0.29, 0.717) is 44.1 Å². The zero-order chi connectivity index (χ0) is 30.1. The smallest absolute Gasteiger partial charge is 0.315 e. The summed E-state index contributed by atoms with van der Waals surface area (Å²) in [5.74, 6) is -0.924. The van der Waals surface area contributed by atoms with Crippen molar-refractivity contribution in [3.05, 3.63) is 25.3 Å². The summed E-state index contributed by atoms with van der Waals surface area (Å²) in [6.07, 6.45) is 15.0. The summed E-state index contributed by atoms with van der Waals surface area (Å²) in [7, 11) is 0. The normalized spacial score (nSPS) is 26.6. The van der Waals surface area contributed by atoms with Gasteiger partial charge >= 0.3 is 6.03 Å². The number of fused-ring (bicyclic) bond motifs is 2. The van der Waals surface area contributed by atoms with Gasteiger partial charge in [-0.2, -0.15) is 0 Å². The first-order chi connectivity index (χ1) is 20.3. The van der Waals surface area contributed by atoms with Crippen molar-refractivity contribution < 1.29 is 24.0 Å². The maximum atomic E-state index is 14.1. The maximum Gasteiger partial charge on any atom is 0.315 e. The molecule has 4 rings (SSSR count). The van der Waals surface area contributed by atoms with Crippen LogP contribution in [0.2, 0.25) is 0 Å². The van der Waals surface area contributed by atoms with Crippen molar-refractivity contribution in [2.45, 2.75) is 114 Å². The van der Waals surface area contributed by atoms with Crippen molar-refractivity contribution in [2.24, 2.45) is 17.8 Å². The van der Waals surface area contributed by atoms with Crippen LogP contribution < -0.4 is 21.3 Å². The van der Waals surface area contributed by atoms with E-state index in [1.165, 1.54) is 12.8 Å². The molecular formula is C32H49N5O5. The number of carbonyl (C=O) groups excluding carboxylic acids is 5. The number of nitrogens with one attached hydrogen (secondary N) is 4. The first-order valence-corrected chi connectivity index (χ1v) is 16.0. The second kappa shape index (κ2) is 15.3. The van der Waals surface area contributed by atoms with Crippen molar-refractivity contribution in [3.8, 4) is 0 Å². The minimum Gasteiger partial charge on any atom is -0.349 e. The molecular weight excluding hydrogens is 534 g/mol. The lowest BCUT2D eigenvalue weighted by Gasteiger charge is -2.35. The van der Waals surface area contributed by atoms with Crippen LogP contribution in [-0.2, 0) is 19.2 Å². The van der Waals surface area contributed by atoms with E-state index in [2.05, 4.69) is 34.4 Å². The highest BCUT2D eigenvalue weighted by molar-refractivity contribution is 6.38. The number of Topliss-reactive ketones (excluding diaryl/α,β-unsaturated/α-hetero) is 1. The molecule has 4 N–H and O–H groups in total. The fraction of sp³-hybridized carbons (Fsp3) is 0.719. The second-order valence-electron chi connectivity index (χ2n) is 12.6. The standard InChI is InChI=1S/C32H49N5O5/c1-3-5-13-24(28(38)30(40)33-17-6-4-2)34-29(39)26-14-10-18-37(26)31(41)27(22-11-8-7-9-12-22)36-32(42)35-25-20-21-15-16-23(25)19-21/h3-4,21-27H,1-2,5-20H2,(H,33,40)(H,34,39)(H2,35,36,42)/t21?,23?,24?,25?,26-,27?/m0/s1. The van der Waals surface area contributed by atoms with Gasteiger partial charge in [-0.05, 0) is 82.0 Å². The Kier molecular flexibility index (Phi) is 11.6. The van der Waals surface area contributed by atoms with Gasteiger partial charge in [-0.3, -0.25) is 19.2 Å². The first-order valence-electron chi connectivity index (χ1n) is 16.0. The zero-order valence-corrected chi connectivity index (χ0v) is 24.9. The Morgan fingerprint density at radius 3 is 2.29 bits per heavy atom. The van der Waals surface area contributed by atoms with Crippen molar-refractivity contribution in [1.82, 2.24) is 26.2 Å². The Hall–Kier alpha value is -3.17. The van der Waals surface area contributed by atoms with E-state index in [9.17, 15) is 24.0 Å². The SMILES string of the molecule is C=CCCNC(=O)C(=O)C(CCC=C)NC(=O)[C@@H]1CCCN1C(=O)C(NC(=O)NC1CC2CCC1C2)C1CCCCC1. The van der Waals surface area contributed by atoms with Gasteiger partial charge < -0.3 is 26.2 Å². The Morgan fingerprint density at radius 1 is 0.857 bits per heavy atom. The number of likely N-dealkylation sites (tertiary alicyclic amines) is 1. The summed E-state index contributed by atoms with van der Waals surface area (Å²) < 4.78 is 0. The van der Waals surface area contributed by atoms with E-state index in [4.69, 9.17) is 0 Å². The summed E-state index contributed by atoms with van der Waals surface area (Å²) in [5.41, 5.74) is 0. The van der Waals surface area contributed by atoms with Crippen LogP contribution in [0.15, 0.2) is 25.3 Å². The van der Waals surface area contributed by atoms with Gasteiger partial charge in [-0.15, -0.1) is 13.2 Å². The first kappa shape index (κ1) is 31.8. The Bertz CT molecular complexity index is 1020. The predicted octanol–water partition coefficient (Wildman–Crippen LogP) is 3.13. The van der Waals surface area contributed by atoms with E-state index in [-0.39, 0.29) is 36.9 Å². The summed E-state index contributed by atoms with van der Waals surface area (Å²) in [6.45, 7) is 7.99. The molecule has 3 saturated carbocycles. The Morgan fingerprint density at radius 2 is 1.62 bits per heavy atom. The molecule has 2 bridgehead atoms. The number of urea groups is 1. The van der Waals surface area contributed by atoms with Crippen molar-refractivity contribution in [1.29, 1.82) is 0 Å². The zero-order valence-electron chi connectivity index (χ0n) is 24.9. The topological polar surface area (TPSA) is 137 Å². The van der Waals surface area contributed by atoms with Crippen LogP contribution in [0.4, 0.5) is 4.79 Å². The van der Waals surface area contributed by atoms with Crippen molar-refractivity contribution >= 4 is 29.5 Å². The third-order valence-corrected chi connectivity index (χ3v) is 9.72. The lowest BCUT2D eigenvalue weighted by Crippen LogP contribution is -2.59. The highest BCUT2D eigenvalue weighted by Crippen LogP contribution is 2.44. The van der Waals surface area contributed by atoms with E-state index in [0.717, 1.165) is 44.9 Å². The number of carbonyl (C=O) groups is 5. The van der Waals surface area contributed by atoms with Gasteiger partial charge in [0.15, 0.2) is 0 Å². The second-order valence-corrected chi connectivity index (χ2v) is 12.6. The molecule has 3 aliphatic carbocycles. The number of nitrogens with zero attached hydrogens (tertiary/aromatic N) is 1. The molecule has 42 heavy (non-hydrogen) atoms. The fourth-order valence-corrected chi connectivity index (χ4v) is 7.46. The fourth-order valence-electron chi connectivity index (χ4n) is 7.46. The highest BCUT2D eigenvalue weighted by atomic mass is 16.2. The van der Waals surface area contributed by atoms with Crippen molar-refractivity contribution in [2.75, 3.05) is 13.1 Å². The molecule has 5 amide bonds. The molecule has 4 fully saturated rings. The molecule has 1 saturated heterocycles. The quantitative estimate of drug-likeness (QED) is 0.142. The molecule has 4 aliphatic rings. The molecule has 0 radical (unpaired) electrons. The molecule has 0 aromatic rings. The number of rotatable bonds is 14. The summed E-state index contributed by atoms with van der Waals surface area (Å²) in [5, 5.41) is 11.5. The largest absolute Gasteiger partial charge is 0.349 e. The van der Waals surface area contributed by atoms with Crippen LogP contribution in [0, 0.1) is 17.8 Å². The van der Waals surface area contributed by atoms with Gasteiger partial charge in [0.05, 0.1) is 6.04 Å². The average Bonchev–Trinajstić information content (AvgIpc) is 3.76. The lowest BCUT2D eigenvalue weighted by atomic mass is 9.83. The van der Waals surface area contributed by atoms with Gasteiger partial charge in [0.25, 0.3) is 5.91 Å². The average molecular weight is 584 g/mol. The lowest BCUT2D eigenvalue weighted by molar-refractivity contribution is -0.143. The van der Waals surface area contributed by atoms with Gasteiger partial charge in [-0.25, -0.2) is 4.79 Å². The molecule has 10 nitrogen and oxygen atoms in total. The van der Waals surface area contributed by atoms with Gasteiger partial charge in [-0.1, -0.05) is 37.8 Å². The molecule has 1 aliphatic heterocycles.